The van der Waals surface area contributed by atoms with Gasteiger partial charge in [0.2, 0.25) is 0 Å². The highest BCUT2D eigenvalue weighted by Gasteiger charge is 2.46. The summed E-state index contributed by atoms with van der Waals surface area (Å²) in [4.78, 5) is 11.0. The Balaban J connectivity index is 2.36. The molecule has 1 aliphatic rings. The van der Waals surface area contributed by atoms with Crippen LogP contribution < -0.4 is 5.32 Å². The third kappa shape index (κ3) is 2.23. The van der Waals surface area contributed by atoms with E-state index in [0.717, 1.165) is 11.1 Å². The van der Waals surface area contributed by atoms with E-state index in [0.29, 0.717) is 5.56 Å². The van der Waals surface area contributed by atoms with Crippen molar-refractivity contribution in [3.05, 3.63) is 34.9 Å². The largest absolute Gasteiger partial charge is 0.443 e. The lowest BCUT2D eigenvalue weighted by Gasteiger charge is -2.32. The normalized spacial score (nSPS) is 22.8. The predicted molar refractivity (Wildman–Crippen MR) is 58.1 cm³/mol. The maximum absolute atomic E-state index is 13.6. The molecule has 17 heavy (non-hydrogen) atoms. The molecule has 1 amide bonds. The molecule has 3 nitrogen and oxygen atoms in total. The smallest absolute Gasteiger partial charge is 0.408 e. The second-order valence-corrected chi connectivity index (χ2v) is 4.26. The van der Waals surface area contributed by atoms with E-state index in [1.165, 1.54) is 0 Å². The molecule has 92 valence electrons. The van der Waals surface area contributed by atoms with Gasteiger partial charge in [-0.25, -0.2) is 13.6 Å². The fourth-order valence-corrected chi connectivity index (χ4v) is 1.78. The van der Waals surface area contributed by atoms with Gasteiger partial charge < -0.3 is 10.1 Å². The van der Waals surface area contributed by atoms with Crippen LogP contribution in [0.3, 0.4) is 0 Å². The Hall–Kier alpha value is -1.65. The first kappa shape index (κ1) is 11.8. The van der Waals surface area contributed by atoms with Crippen LogP contribution in [0, 0.1) is 13.8 Å². The molecule has 0 radical (unpaired) electrons. The third-order valence-electron chi connectivity index (χ3n) is 2.94. The molecule has 0 aromatic heterocycles. The summed E-state index contributed by atoms with van der Waals surface area (Å²) in [7, 11) is 0. The van der Waals surface area contributed by atoms with E-state index in [1.807, 2.05) is 13.8 Å². The molecule has 0 aliphatic carbocycles. The SMILES string of the molecule is Cc1ccc([C@@H]2NC(=O)OCC2(F)F)cc1C. The number of aryl methyl sites for hydroxylation is 2. The van der Waals surface area contributed by atoms with Crippen molar-refractivity contribution in [2.75, 3.05) is 6.61 Å². The Morgan fingerprint density at radius 1 is 1.35 bits per heavy atom. The minimum Gasteiger partial charge on any atom is -0.443 e. The fraction of sp³-hybridized carbons (Fsp3) is 0.417. The van der Waals surface area contributed by atoms with Gasteiger partial charge in [0.25, 0.3) is 0 Å². The molecule has 5 heteroatoms. The van der Waals surface area contributed by atoms with E-state index < -0.39 is 24.7 Å². The monoisotopic (exact) mass is 241 g/mol. The molecule has 0 saturated carbocycles. The zero-order valence-electron chi connectivity index (χ0n) is 9.59. The molecular formula is C12H13F2NO2. The van der Waals surface area contributed by atoms with E-state index >= 15 is 0 Å². The molecule has 1 saturated heterocycles. The van der Waals surface area contributed by atoms with Gasteiger partial charge in [-0.05, 0) is 30.5 Å². The fourth-order valence-electron chi connectivity index (χ4n) is 1.78. The first-order valence-corrected chi connectivity index (χ1v) is 5.28. The number of alkyl halides is 2. The number of rotatable bonds is 1. The van der Waals surface area contributed by atoms with Crippen molar-refractivity contribution in [1.82, 2.24) is 5.32 Å². The Labute approximate surface area is 97.8 Å². The van der Waals surface area contributed by atoms with Gasteiger partial charge >= 0.3 is 12.0 Å². The predicted octanol–water partition coefficient (Wildman–Crippen LogP) is 2.72. The zero-order chi connectivity index (χ0) is 12.6. The lowest BCUT2D eigenvalue weighted by Crippen LogP contribution is -2.49. The van der Waals surface area contributed by atoms with Gasteiger partial charge in [-0.2, -0.15) is 0 Å². The molecule has 1 N–H and O–H groups in total. The van der Waals surface area contributed by atoms with E-state index in [9.17, 15) is 13.6 Å². The maximum atomic E-state index is 13.6. The maximum Gasteiger partial charge on any atom is 0.408 e. The number of carbonyl (C=O) groups excluding carboxylic acids is 1. The molecule has 1 aromatic carbocycles. The number of amides is 1. The Morgan fingerprint density at radius 3 is 2.71 bits per heavy atom. The summed E-state index contributed by atoms with van der Waals surface area (Å²) in [6.45, 7) is 2.87. The first-order valence-electron chi connectivity index (χ1n) is 5.28. The van der Waals surface area contributed by atoms with Gasteiger partial charge in [0.05, 0.1) is 0 Å². The summed E-state index contributed by atoms with van der Waals surface area (Å²) >= 11 is 0. The molecule has 0 spiro atoms. The summed E-state index contributed by atoms with van der Waals surface area (Å²) in [6.07, 6.45) is -0.806. The number of hydrogen-bond donors (Lipinski definition) is 1. The minimum atomic E-state index is -3.09. The molecule has 1 aliphatic heterocycles. The third-order valence-corrected chi connectivity index (χ3v) is 2.94. The topological polar surface area (TPSA) is 38.3 Å². The van der Waals surface area contributed by atoms with Crippen LogP contribution in [0.15, 0.2) is 18.2 Å². The van der Waals surface area contributed by atoms with Crippen LogP contribution >= 0.6 is 0 Å². The molecule has 1 atom stereocenters. The second kappa shape index (κ2) is 3.98. The molecule has 0 unspecified atom stereocenters. The minimum absolute atomic E-state index is 0.398. The van der Waals surface area contributed by atoms with E-state index in [1.54, 1.807) is 18.2 Å². The molecule has 1 aromatic rings. The van der Waals surface area contributed by atoms with Crippen molar-refractivity contribution in [3.63, 3.8) is 0 Å². The van der Waals surface area contributed by atoms with Gasteiger partial charge in [-0.15, -0.1) is 0 Å². The second-order valence-electron chi connectivity index (χ2n) is 4.26. The molecular weight excluding hydrogens is 228 g/mol. The summed E-state index contributed by atoms with van der Waals surface area (Å²) in [6, 6.07) is 3.72. The Morgan fingerprint density at radius 2 is 2.06 bits per heavy atom. The summed E-state index contributed by atoms with van der Waals surface area (Å²) in [5, 5.41) is 2.16. The van der Waals surface area contributed by atoms with Crippen molar-refractivity contribution in [2.45, 2.75) is 25.8 Å². The number of carbonyl (C=O) groups is 1. The van der Waals surface area contributed by atoms with Gasteiger partial charge in [0.15, 0.2) is 6.61 Å². The molecule has 0 bridgehead atoms. The zero-order valence-corrected chi connectivity index (χ0v) is 9.59. The first-order chi connectivity index (χ1) is 7.90. The number of halogens is 2. The highest BCUT2D eigenvalue weighted by atomic mass is 19.3. The average Bonchev–Trinajstić information content (AvgIpc) is 2.26. The van der Waals surface area contributed by atoms with Crippen molar-refractivity contribution in [3.8, 4) is 0 Å². The quantitative estimate of drug-likeness (QED) is 0.821. The summed E-state index contributed by atoms with van der Waals surface area (Å²) in [5.41, 5.74) is 2.34. The van der Waals surface area contributed by atoms with Crippen molar-refractivity contribution >= 4 is 6.09 Å². The number of hydrogen-bond acceptors (Lipinski definition) is 2. The van der Waals surface area contributed by atoms with Crippen molar-refractivity contribution < 1.29 is 18.3 Å². The van der Waals surface area contributed by atoms with Gasteiger partial charge in [0.1, 0.15) is 6.04 Å². The van der Waals surface area contributed by atoms with Crippen LogP contribution in [-0.2, 0) is 4.74 Å². The summed E-state index contributed by atoms with van der Waals surface area (Å²) in [5.74, 6) is -3.09. The molecule has 2 rings (SSSR count). The van der Waals surface area contributed by atoms with Crippen molar-refractivity contribution in [2.24, 2.45) is 0 Å². The van der Waals surface area contributed by atoms with Crippen LogP contribution in [0.1, 0.15) is 22.7 Å². The van der Waals surface area contributed by atoms with Crippen LogP contribution in [0.2, 0.25) is 0 Å². The number of alkyl carbamates (subject to hydrolysis) is 1. The summed E-state index contributed by atoms with van der Waals surface area (Å²) < 4.78 is 31.5. The van der Waals surface area contributed by atoms with E-state index in [-0.39, 0.29) is 0 Å². The average molecular weight is 241 g/mol. The number of cyclic esters (lactones) is 1. The number of benzene rings is 1. The van der Waals surface area contributed by atoms with Crippen LogP contribution in [0.5, 0.6) is 0 Å². The van der Waals surface area contributed by atoms with Gasteiger partial charge in [0, 0.05) is 0 Å². The number of nitrogens with one attached hydrogen (secondary N) is 1. The van der Waals surface area contributed by atoms with Crippen molar-refractivity contribution in [1.29, 1.82) is 0 Å². The molecule has 1 fully saturated rings. The Bertz CT molecular complexity index is 460. The van der Waals surface area contributed by atoms with Gasteiger partial charge in [-0.3, -0.25) is 0 Å². The standard InChI is InChI=1S/C12H13F2NO2/c1-7-3-4-9(5-8(7)2)10-12(13,14)6-17-11(16)15-10/h3-5,10H,6H2,1-2H3,(H,15,16)/t10-/m0/s1. The van der Waals surface area contributed by atoms with Crippen LogP contribution in [0.4, 0.5) is 13.6 Å². The van der Waals surface area contributed by atoms with Crippen LogP contribution in [-0.4, -0.2) is 18.6 Å². The molecule has 1 heterocycles. The lowest BCUT2D eigenvalue weighted by molar-refractivity contribution is -0.104. The van der Waals surface area contributed by atoms with E-state index in [4.69, 9.17) is 0 Å². The Kier molecular flexibility index (Phi) is 2.77. The highest BCUT2D eigenvalue weighted by Crippen LogP contribution is 2.34. The van der Waals surface area contributed by atoms with Crippen LogP contribution in [0.25, 0.3) is 0 Å². The van der Waals surface area contributed by atoms with E-state index in [2.05, 4.69) is 10.1 Å². The highest BCUT2D eigenvalue weighted by molar-refractivity contribution is 5.69. The number of ether oxygens (including phenoxy) is 1. The van der Waals surface area contributed by atoms with Gasteiger partial charge in [-0.1, -0.05) is 18.2 Å². The lowest BCUT2D eigenvalue weighted by atomic mass is 9.96.